The second kappa shape index (κ2) is 15.3. The number of nitrogens with one attached hydrogen (secondary N) is 2. The van der Waals surface area contributed by atoms with Crippen LogP contribution in [-0.4, -0.2) is 69.3 Å². The van der Waals surface area contributed by atoms with Gasteiger partial charge in [0, 0.05) is 46.2 Å². The first-order valence-electron chi connectivity index (χ1n) is 15.6. The highest BCUT2D eigenvalue weighted by atomic mass is 79.9. The number of aromatic nitrogens is 2. The summed E-state index contributed by atoms with van der Waals surface area (Å²) in [4.78, 5) is 61.0. The van der Waals surface area contributed by atoms with Gasteiger partial charge in [-0.2, -0.15) is 13.2 Å². The van der Waals surface area contributed by atoms with E-state index in [2.05, 4.69) is 33.1 Å². The number of hydrogen-bond donors (Lipinski definition) is 2. The van der Waals surface area contributed by atoms with Gasteiger partial charge in [-0.25, -0.2) is 9.55 Å². The Morgan fingerprint density at radius 3 is 2.37 bits per heavy atom. The van der Waals surface area contributed by atoms with Gasteiger partial charge in [-0.15, -0.1) is 19.0 Å². The maximum atomic E-state index is 14.1. The second-order valence-corrected chi connectivity index (χ2v) is 13.0. The van der Waals surface area contributed by atoms with Gasteiger partial charge in [0.1, 0.15) is 0 Å². The molecule has 1 fully saturated rings. The molecule has 0 spiro atoms. The molecule has 2 atom stereocenters. The molecule has 3 amide bonds. The van der Waals surface area contributed by atoms with E-state index >= 15 is 0 Å². The van der Waals surface area contributed by atoms with Crippen molar-refractivity contribution in [2.45, 2.75) is 57.9 Å². The molecule has 0 aliphatic carbocycles. The summed E-state index contributed by atoms with van der Waals surface area (Å²) >= 11 is 2.91. The summed E-state index contributed by atoms with van der Waals surface area (Å²) in [6.07, 6.45) is -1.59. The monoisotopic (exact) mass is 764 g/mol. The fourth-order valence-electron chi connectivity index (χ4n) is 5.96. The van der Waals surface area contributed by atoms with E-state index < -0.39 is 35.2 Å². The average molecular weight is 766 g/mol. The topological polar surface area (TPSA) is 117 Å². The van der Waals surface area contributed by atoms with Gasteiger partial charge in [-0.1, -0.05) is 22.0 Å². The highest BCUT2D eigenvalue weighted by molar-refractivity contribution is 9.10. The number of carbonyl (C=O) groups excluding carboxylic acids is 3. The van der Waals surface area contributed by atoms with Gasteiger partial charge in [-0.3, -0.25) is 24.1 Å². The van der Waals surface area contributed by atoms with E-state index in [1.54, 1.807) is 37.3 Å². The third-order valence-electron chi connectivity index (χ3n) is 8.80. The van der Waals surface area contributed by atoms with E-state index in [1.807, 2.05) is 6.92 Å². The summed E-state index contributed by atoms with van der Waals surface area (Å²) < 4.78 is 41.9. The van der Waals surface area contributed by atoms with Gasteiger partial charge >= 0.3 is 6.18 Å². The largest absolute Gasteiger partial charge is 0.417 e. The van der Waals surface area contributed by atoms with Crippen molar-refractivity contribution in [1.29, 1.82) is 0 Å². The fraction of sp³-hybridized carbons (Fsp3) is 0.382. The fourth-order valence-corrected chi connectivity index (χ4v) is 6.43. The molecule has 1 saturated heterocycles. The molecule has 2 aliphatic heterocycles. The third kappa shape index (κ3) is 7.92. The zero-order valence-electron chi connectivity index (χ0n) is 27.1. The third-order valence-corrected chi connectivity index (χ3v) is 9.49. The number of piperidine rings is 1. The molecule has 1 aromatic heterocycles. The molecule has 262 valence electrons. The van der Waals surface area contributed by atoms with Crippen molar-refractivity contribution in [3.05, 3.63) is 97.9 Å². The van der Waals surface area contributed by atoms with Crippen LogP contribution >= 0.6 is 28.3 Å². The Hall–Kier alpha value is -4.01. The Morgan fingerprint density at radius 1 is 1.12 bits per heavy atom. The van der Waals surface area contributed by atoms with Crippen molar-refractivity contribution in [2.24, 2.45) is 5.92 Å². The van der Waals surface area contributed by atoms with Crippen LogP contribution in [0.3, 0.4) is 0 Å². The first kappa shape index (κ1) is 37.8. The van der Waals surface area contributed by atoms with Gasteiger partial charge in [0.25, 0.3) is 17.4 Å². The molecule has 0 bridgehead atoms. The molecule has 0 saturated carbocycles. The number of carbonyl (C=O) groups is 3. The number of halogens is 5. The number of rotatable bonds is 7. The number of benzene rings is 2. The van der Waals surface area contributed by atoms with E-state index in [-0.39, 0.29) is 64.8 Å². The SMILES string of the molecule is C=CC(C)Nc1nc2c(c(=O)n1-c1ccc(C(=O)N(C)C(=O)C3CCNCC3)cc1)C[C@@H](C)N(C(=O)c1ccc(Br)c(C(F)(F)F)c1)C2.Cl. The summed E-state index contributed by atoms with van der Waals surface area (Å²) in [7, 11) is 1.47. The Morgan fingerprint density at radius 2 is 1.76 bits per heavy atom. The van der Waals surface area contributed by atoms with Gasteiger partial charge in [0.15, 0.2) is 0 Å². The average Bonchev–Trinajstić information content (AvgIpc) is 3.07. The second-order valence-electron chi connectivity index (χ2n) is 12.1. The molecule has 15 heteroatoms. The van der Waals surface area contributed by atoms with Crippen molar-refractivity contribution >= 4 is 52.0 Å². The minimum absolute atomic E-state index is 0. The number of anilines is 1. The Kier molecular flexibility index (Phi) is 11.8. The lowest BCUT2D eigenvalue weighted by atomic mass is 9.96. The van der Waals surface area contributed by atoms with Gasteiger partial charge in [0.2, 0.25) is 11.9 Å². The molecule has 2 N–H and O–H groups in total. The van der Waals surface area contributed by atoms with Gasteiger partial charge < -0.3 is 15.5 Å². The lowest BCUT2D eigenvalue weighted by molar-refractivity contribution is -0.138. The zero-order chi connectivity index (χ0) is 34.9. The normalized spacial score (nSPS) is 17.0. The number of nitrogens with zero attached hydrogens (tertiary/aromatic N) is 4. The van der Waals surface area contributed by atoms with Crippen molar-refractivity contribution in [2.75, 3.05) is 25.5 Å². The van der Waals surface area contributed by atoms with Gasteiger partial charge in [-0.05, 0) is 88.7 Å². The van der Waals surface area contributed by atoms with E-state index in [0.29, 0.717) is 29.8 Å². The van der Waals surface area contributed by atoms with Crippen LogP contribution in [0.4, 0.5) is 19.1 Å². The molecule has 10 nitrogen and oxygen atoms in total. The Labute approximate surface area is 296 Å². The summed E-state index contributed by atoms with van der Waals surface area (Å²) in [6.45, 7) is 8.67. The molecule has 0 radical (unpaired) electrons. The van der Waals surface area contributed by atoms with Crippen molar-refractivity contribution < 1.29 is 27.6 Å². The minimum atomic E-state index is -4.66. The molecule has 49 heavy (non-hydrogen) atoms. The lowest BCUT2D eigenvalue weighted by Gasteiger charge is -2.35. The maximum absolute atomic E-state index is 14.1. The van der Waals surface area contributed by atoms with Crippen LogP contribution in [0.2, 0.25) is 0 Å². The van der Waals surface area contributed by atoms with Crippen molar-refractivity contribution in [1.82, 2.24) is 24.7 Å². The van der Waals surface area contributed by atoms with E-state index in [9.17, 15) is 32.3 Å². The maximum Gasteiger partial charge on any atom is 0.417 e. The first-order valence-corrected chi connectivity index (χ1v) is 16.3. The highest BCUT2D eigenvalue weighted by Gasteiger charge is 2.36. The summed E-state index contributed by atoms with van der Waals surface area (Å²) in [5.41, 5.74) is -0.109. The lowest BCUT2D eigenvalue weighted by Crippen LogP contribution is -2.46. The van der Waals surface area contributed by atoms with Crippen molar-refractivity contribution in [3.63, 3.8) is 0 Å². The predicted molar refractivity (Wildman–Crippen MR) is 185 cm³/mol. The van der Waals surface area contributed by atoms with Crippen LogP contribution in [0.5, 0.6) is 0 Å². The molecular formula is C34H37BrClF3N6O4. The Balaban J connectivity index is 0.00000541. The van der Waals surface area contributed by atoms with Crippen LogP contribution in [0, 0.1) is 5.92 Å². The number of imide groups is 1. The summed E-state index contributed by atoms with van der Waals surface area (Å²) in [5.74, 6) is -1.36. The molecular weight excluding hydrogens is 729 g/mol. The van der Waals surface area contributed by atoms with Crippen LogP contribution in [0.1, 0.15) is 64.2 Å². The molecule has 2 aliphatic rings. The standard InChI is InChI=1S/C34H36BrF3N6O4.ClH/c1-5-19(2)40-33-41-28-18-43(31(47)23-8-11-27(35)26(17-23)34(36,37)38)20(3)16-25(28)32(48)44(33)24-9-6-21(7-10-24)29(45)42(4)30(46)22-12-14-39-15-13-22;/h5-11,17,19-20,22,39H,1,12-16,18H2,2-4H3,(H,40,41);1H/t19?,20-;/m1./s1. The van der Waals surface area contributed by atoms with Crippen LogP contribution in [0.25, 0.3) is 5.69 Å². The Bertz CT molecular complexity index is 1810. The molecule has 2 aromatic carbocycles. The van der Waals surface area contributed by atoms with Crippen LogP contribution < -0.4 is 16.2 Å². The van der Waals surface area contributed by atoms with E-state index in [0.717, 1.165) is 24.1 Å². The smallest absolute Gasteiger partial charge is 0.349 e. The van der Waals surface area contributed by atoms with Gasteiger partial charge in [0.05, 0.1) is 23.5 Å². The van der Waals surface area contributed by atoms with E-state index in [1.165, 1.54) is 28.6 Å². The number of alkyl halides is 3. The van der Waals surface area contributed by atoms with Crippen LogP contribution in [-0.2, 0) is 23.9 Å². The molecule has 3 aromatic rings. The van der Waals surface area contributed by atoms with Crippen LogP contribution in [0.15, 0.2) is 64.4 Å². The number of hydrogen-bond acceptors (Lipinski definition) is 7. The zero-order valence-corrected chi connectivity index (χ0v) is 29.5. The molecule has 5 rings (SSSR count). The highest BCUT2D eigenvalue weighted by Crippen LogP contribution is 2.36. The predicted octanol–water partition coefficient (Wildman–Crippen LogP) is 5.61. The van der Waals surface area contributed by atoms with Crippen molar-refractivity contribution in [3.8, 4) is 5.69 Å². The minimum Gasteiger partial charge on any atom is -0.349 e. The van der Waals surface area contributed by atoms with E-state index in [4.69, 9.17) is 4.98 Å². The summed E-state index contributed by atoms with van der Waals surface area (Å²) in [5, 5.41) is 6.36. The number of fused-ring (bicyclic) bond motifs is 1. The quantitative estimate of drug-likeness (QED) is 0.238. The number of amides is 3. The summed E-state index contributed by atoms with van der Waals surface area (Å²) in [6, 6.07) is 8.78. The molecule has 3 heterocycles. The molecule has 1 unspecified atom stereocenters. The first-order chi connectivity index (χ1) is 22.7.